The van der Waals surface area contributed by atoms with Crippen LogP contribution < -0.4 is 10.1 Å². The molecule has 1 aliphatic heterocycles. The molecule has 3 rings (SSSR count). The molecular weight excluding hydrogens is 364 g/mol. The number of para-hydroxylation sites is 1. The van der Waals surface area contributed by atoms with Gasteiger partial charge in [0.1, 0.15) is 23.8 Å². The van der Waals surface area contributed by atoms with Gasteiger partial charge in [0.2, 0.25) is 5.76 Å². The van der Waals surface area contributed by atoms with Crippen LogP contribution in [0.1, 0.15) is 21.9 Å². The van der Waals surface area contributed by atoms with E-state index < -0.39 is 17.9 Å². The molecule has 1 aromatic heterocycles. The number of urea groups is 1. The maximum Gasteiger partial charge on any atom is 0.373 e. The molecule has 0 saturated carbocycles. The van der Waals surface area contributed by atoms with Gasteiger partial charge in [-0.15, -0.1) is 6.42 Å². The summed E-state index contributed by atoms with van der Waals surface area (Å²) in [6.07, 6.45) is 6.71. The highest BCUT2D eigenvalue weighted by atomic mass is 16.5. The quantitative estimate of drug-likeness (QED) is 0.357. The smallest absolute Gasteiger partial charge is 0.373 e. The normalized spacial score (nSPS) is 14.7. The van der Waals surface area contributed by atoms with E-state index in [1.807, 2.05) is 0 Å². The first-order chi connectivity index (χ1) is 13.5. The Labute approximate surface area is 160 Å². The Morgan fingerprint density at radius 1 is 1.29 bits per heavy atom. The Balaban J connectivity index is 1.79. The molecule has 1 aromatic carbocycles. The number of furan rings is 1. The van der Waals surface area contributed by atoms with E-state index in [0.29, 0.717) is 11.3 Å². The molecule has 0 aliphatic carbocycles. The highest BCUT2D eigenvalue weighted by Crippen LogP contribution is 2.23. The number of imide groups is 1. The van der Waals surface area contributed by atoms with Crippen LogP contribution in [-0.2, 0) is 16.1 Å². The maximum absolute atomic E-state index is 12.6. The van der Waals surface area contributed by atoms with E-state index in [1.54, 1.807) is 24.3 Å². The average Bonchev–Trinajstić information content (AvgIpc) is 3.27. The summed E-state index contributed by atoms with van der Waals surface area (Å²) >= 11 is 0. The van der Waals surface area contributed by atoms with Crippen LogP contribution in [0.15, 0.2) is 46.5 Å². The van der Waals surface area contributed by atoms with E-state index in [2.05, 4.69) is 16.0 Å². The monoisotopic (exact) mass is 380 g/mol. The van der Waals surface area contributed by atoms with Crippen molar-refractivity contribution >= 4 is 24.0 Å². The number of nitrogens with one attached hydrogen (secondary N) is 1. The van der Waals surface area contributed by atoms with Gasteiger partial charge in [-0.3, -0.25) is 9.69 Å². The molecular formula is C20H16N2O6. The Hall–Kier alpha value is -3.99. The third-order valence-electron chi connectivity index (χ3n) is 3.85. The third kappa shape index (κ3) is 3.88. The first-order valence-corrected chi connectivity index (χ1v) is 8.20. The number of rotatable bonds is 6. The van der Waals surface area contributed by atoms with Crippen molar-refractivity contribution in [2.45, 2.75) is 6.54 Å². The molecule has 0 atom stereocenters. The average molecular weight is 380 g/mol. The summed E-state index contributed by atoms with van der Waals surface area (Å²) in [5, 5.41) is 2.52. The third-order valence-corrected chi connectivity index (χ3v) is 3.85. The highest BCUT2D eigenvalue weighted by molar-refractivity contribution is 6.14. The summed E-state index contributed by atoms with van der Waals surface area (Å²) in [5.41, 5.74) is 0.677. The van der Waals surface area contributed by atoms with Crippen LogP contribution in [0.3, 0.4) is 0 Å². The van der Waals surface area contributed by atoms with Gasteiger partial charge in [-0.2, -0.15) is 0 Å². The minimum Gasteiger partial charge on any atom is -0.480 e. The van der Waals surface area contributed by atoms with Crippen LogP contribution in [0.5, 0.6) is 5.75 Å². The molecule has 2 heterocycles. The van der Waals surface area contributed by atoms with Crippen molar-refractivity contribution in [1.82, 2.24) is 10.2 Å². The van der Waals surface area contributed by atoms with E-state index in [0.717, 1.165) is 4.90 Å². The van der Waals surface area contributed by atoms with Crippen LogP contribution >= 0.6 is 0 Å². The number of hydrogen-bond donors (Lipinski definition) is 1. The van der Waals surface area contributed by atoms with Crippen molar-refractivity contribution in [3.8, 4) is 18.1 Å². The predicted octanol–water partition coefficient (Wildman–Crippen LogP) is 2.17. The largest absolute Gasteiger partial charge is 0.480 e. The molecule has 0 unspecified atom stereocenters. The zero-order chi connectivity index (χ0) is 20.1. The molecule has 2 aromatic rings. The second-order valence-corrected chi connectivity index (χ2v) is 5.67. The molecule has 142 valence electrons. The summed E-state index contributed by atoms with van der Waals surface area (Å²) in [4.78, 5) is 37.2. The van der Waals surface area contributed by atoms with Crippen molar-refractivity contribution in [3.05, 3.63) is 59.2 Å². The van der Waals surface area contributed by atoms with Crippen LogP contribution in [0.25, 0.3) is 6.08 Å². The lowest BCUT2D eigenvalue weighted by Gasteiger charge is -2.09. The lowest BCUT2D eigenvalue weighted by molar-refractivity contribution is -0.123. The van der Waals surface area contributed by atoms with E-state index in [-0.39, 0.29) is 30.4 Å². The van der Waals surface area contributed by atoms with Crippen molar-refractivity contribution < 1.29 is 28.3 Å². The van der Waals surface area contributed by atoms with Gasteiger partial charge in [-0.1, -0.05) is 24.1 Å². The number of terminal acetylenes is 1. The summed E-state index contributed by atoms with van der Waals surface area (Å²) in [6.45, 7) is -0.0537. The van der Waals surface area contributed by atoms with Crippen molar-refractivity contribution in [1.29, 1.82) is 0 Å². The maximum atomic E-state index is 12.6. The van der Waals surface area contributed by atoms with Gasteiger partial charge < -0.3 is 19.2 Å². The fourth-order valence-corrected chi connectivity index (χ4v) is 2.55. The second-order valence-electron chi connectivity index (χ2n) is 5.67. The number of carbonyl (C=O) groups is 3. The summed E-state index contributed by atoms with van der Waals surface area (Å²) in [5.74, 6) is 1.93. The lowest BCUT2D eigenvalue weighted by atomic mass is 10.1. The van der Waals surface area contributed by atoms with Crippen molar-refractivity contribution in [2.75, 3.05) is 13.7 Å². The van der Waals surface area contributed by atoms with Gasteiger partial charge in [0.25, 0.3) is 5.91 Å². The fourth-order valence-electron chi connectivity index (χ4n) is 2.55. The Morgan fingerprint density at radius 3 is 2.82 bits per heavy atom. The van der Waals surface area contributed by atoms with Gasteiger partial charge in [-0.25, -0.2) is 9.59 Å². The zero-order valence-corrected chi connectivity index (χ0v) is 14.9. The Kier molecular flexibility index (Phi) is 5.46. The molecule has 1 N–H and O–H groups in total. The Morgan fingerprint density at radius 2 is 2.07 bits per heavy atom. The van der Waals surface area contributed by atoms with Gasteiger partial charge in [0.15, 0.2) is 0 Å². The molecule has 0 spiro atoms. The first-order valence-electron chi connectivity index (χ1n) is 8.20. The number of hydrogen-bond acceptors (Lipinski definition) is 6. The Bertz CT molecular complexity index is 998. The van der Waals surface area contributed by atoms with Crippen molar-refractivity contribution in [2.24, 2.45) is 0 Å². The number of nitrogens with zero attached hydrogens (tertiary/aromatic N) is 1. The standard InChI is InChI=1S/C20H16N2O6/c1-3-10-27-16-7-5-4-6-13(16)11-15-18(23)22(20(25)21-15)12-14-8-9-17(28-14)19(24)26-2/h1,4-9,11H,10,12H2,2H3,(H,21,25). The van der Waals surface area contributed by atoms with Gasteiger partial charge >= 0.3 is 12.0 Å². The number of carbonyl (C=O) groups excluding carboxylic acids is 3. The molecule has 1 fully saturated rings. The van der Waals surface area contributed by atoms with E-state index in [1.165, 1.54) is 25.3 Å². The topological polar surface area (TPSA) is 98.1 Å². The number of amides is 3. The minimum atomic E-state index is -0.646. The van der Waals surface area contributed by atoms with Crippen LogP contribution in [0, 0.1) is 12.3 Å². The summed E-state index contributed by atoms with van der Waals surface area (Å²) < 4.78 is 15.3. The number of benzene rings is 1. The van der Waals surface area contributed by atoms with E-state index in [4.69, 9.17) is 15.6 Å². The second kappa shape index (κ2) is 8.14. The molecule has 1 aliphatic rings. The fraction of sp³-hybridized carbons (Fsp3) is 0.150. The molecule has 8 heteroatoms. The summed E-state index contributed by atoms with van der Waals surface area (Å²) in [7, 11) is 1.23. The summed E-state index contributed by atoms with van der Waals surface area (Å²) in [6, 6.07) is 9.29. The first kappa shape index (κ1) is 18.8. The predicted molar refractivity (Wildman–Crippen MR) is 97.9 cm³/mol. The van der Waals surface area contributed by atoms with Gasteiger partial charge in [-0.05, 0) is 24.3 Å². The molecule has 8 nitrogen and oxygen atoms in total. The number of ether oxygens (including phenoxy) is 2. The minimum absolute atomic E-state index is 0.0140. The molecule has 0 radical (unpaired) electrons. The zero-order valence-electron chi connectivity index (χ0n) is 14.9. The highest BCUT2D eigenvalue weighted by Gasteiger charge is 2.34. The van der Waals surface area contributed by atoms with E-state index >= 15 is 0 Å². The van der Waals surface area contributed by atoms with Crippen LogP contribution in [0.4, 0.5) is 4.79 Å². The van der Waals surface area contributed by atoms with Crippen LogP contribution in [0.2, 0.25) is 0 Å². The molecule has 3 amide bonds. The van der Waals surface area contributed by atoms with Gasteiger partial charge in [0, 0.05) is 5.56 Å². The van der Waals surface area contributed by atoms with Gasteiger partial charge in [0.05, 0.1) is 13.7 Å². The molecule has 28 heavy (non-hydrogen) atoms. The van der Waals surface area contributed by atoms with E-state index in [9.17, 15) is 14.4 Å². The number of methoxy groups -OCH3 is 1. The molecule has 0 bridgehead atoms. The SMILES string of the molecule is C#CCOc1ccccc1C=C1NC(=O)N(Cc2ccc(C(=O)OC)o2)C1=O. The van der Waals surface area contributed by atoms with Crippen LogP contribution in [-0.4, -0.2) is 36.5 Å². The van der Waals surface area contributed by atoms with Crippen molar-refractivity contribution in [3.63, 3.8) is 0 Å². The number of esters is 1. The molecule has 1 saturated heterocycles. The lowest BCUT2D eigenvalue weighted by Crippen LogP contribution is -2.30.